The molecule has 2 aromatic rings. The molecule has 120 valence electrons. The van der Waals surface area contributed by atoms with Crippen LogP contribution in [0.3, 0.4) is 0 Å². The summed E-state index contributed by atoms with van der Waals surface area (Å²) in [6.07, 6.45) is 0.412. The van der Waals surface area contributed by atoms with Gasteiger partial charge in [0.1, 0.15) is 12.4 Å². The van der Waals surface area contributed by atoms with E-state index >= 15 is 0 Å². The highest BCUT2D eigenvalue weighted by molar-refractivity contribution is 7.92. The molecule has 0 atom stereocenters. The predicted octanol–water partition coefficient (Wildman–Crippen LogP) is 1.89. The molecule has 0 radical (unpaired) electrons. The largest absolute Gasteiger partial charge is 0.488 e. The molecule has 1 aromatic carbocycles. The van der Waals surface area contributed by atoms with Crippen LogP contribution >= 0.6 is 0 Å². The maximum Gasteiger partial charge on any atom is 0.272 e. The fourth-order valence-corrected chi connectivity index (χ4v) is 2.90. The van der Waals surface area contributed by atoms with Crippen LogP contribution in [-0.4, -0.2) is 38.3 Å². The molecule has 1 aromatic heterocycles. The molecule has 0 spiro atoms. The van der Waals surface area contributed by atoms with Crippen molar-refractivity contribution in [3.63, 3.8) is 0 Å². The molecule has 0 N–H and O–H groups in total. The summed E-state index contributed by atoms with van der Waals surface area (Å²) < 4.78 is 56.4. The molecule has 0 aliphatic rings. The highest BCUT2D eigenvalue weighted by atomic mass is 32.2. The lowest BCUT2D eigenvalue weighted by atomic mass is 10.3. The third kappa shape index (κ3) is 3.53. The van der Waals surface area contributed by atoms with Gasteiger partial charge < -0.3 is 4.74 Å². The molecule has 22 heavy (non-hydrogen) atoms. The first-order valence-electron chi connectivity index (χ1n) is 6.29. The van der Waals surface area contributed by atoms with Crippen LogP contribution in [0.4, 0.5) is 14.5 Å². The van der Waals surface area contributed by atoms with Gasteiger partial charge in [0.05, 0.1) is 16.8 Å². The number of hydrogen-bond donors (Lipinski definition) is 0. The van der Waals surface area contributed by atoms with Gasteiger partial charge in [-0.05, 0) is 24.3 Å². The molecule has 0 aliphatic heterocycles. The lowest BCUT2D eigenvalue weighted by Gasteiger charge is -2.17. The van der Waals surface area contributed by atoms with E-state index in [9.17, 15) is 17.2 Å². The second-order valence-corrected chi connectivity index (χ2v) is 6.49. The Morgan fingerprint density at radius 2 is 1.95 bits per heavy atom. The number of alkyl halides is 2. The van der Waals surface area contributed by atoms with Gasteiger partial charge in [0, 0.05) is 20.3 Å². The van der Waals surface area contributed by atoms with Gasteiger partial charge in [-0.15, -0.1) is 0 Å². The summed E-state index contributed by atoms with van der Waals surface area (Å²) >= 11 is 0. The number of sulfonamides is 1. The Bertz CT molecular complexity index is 729. The van der Waals surface area contributed by atoms with Crippen LogP contribution in [-0.2, 0) is 17.1 Å². The summed E-state index contributed by atoms with van der Waals surface area (Å²) in [5, 5.41) is 3.92. The van der Waals surface area contributed by atoms with Gasteiger partial charge in [-0.25, -0.2) is 17.2 Å². The molecule has 0 saturated carbocycles. The number of anilines is 1. The summed E-state index contributed by atoms with van der Waals surface area (Å²) in [7, 11) is -0.661. The number of aromatic nitrogens is 2. The molecule has 0 bridgehead atoms. The summed E-state index contributed by atoms with van der Waals surface area (Å²) in [6.45, 7) is -0.734. The Labute approximate surface area is 127 Å². The Morgan fingerprint density at radius 3 is 2.45 bits per heavy atom. The molecule has 2 rings (SSSR count). The lowest BCUT2D eigenvalue weighted by Crippen LogP contribution is -2.26. The van der Waals surface area contributed by atoms with Gasteiger partial charge in [-0.2, -0.15) is 5.10 Å². The first-order valence-corrected chi connectivity index (χ1v) is 7.73. The Hall–Kier alpha value is -2.16. The molecular weight excluding hydrogens is 316 g/mol. The van der Waals surface area contributed by atoms with Crippen LogP contribution < -0.4 is 9.04 Å². The van der Waals surface area contributed by atoms with Crippen molar-refractivity contribution in [2.45, 2.75) is 11.3 Å². The number of hydrogen-bond acceptors (Lipinski definition) is 4. The van der Waals surface area contributed by atoms with E-state index < -0.39 is 23.1 Å². The van der Waals surface area contributed by atoms with Crippen molar-refractivity contribution in [2.24, 2.45) is 7.05 Å². The van der Waals surface area contributed by atoms with Crippen molar-refractivity contribution in [2.75, 3.05) is 18.0 Å². The van der Waals surface area contributed by atoms with E-state index in [1.54, 1.807) is 13.2 Å². The van der Waals surface area contributed by atoms with Crippen molar-refractivity contribution in [1.29, 1.82) is 0 Å². The summed E-state index contributed by atoms with van der Waals surface area (Å²) in [5.74, 6) is 0.184. The quantitative estimate of drug-likeness (QED) is 0.811. The lowest BCUT2D eigenvalue weighted by molar-refractivity contribution is 0.0819. The minimum absolute atomic E-state index is 0.0308. The van der Waals surface area contributed by atoms with Crippen LogP contribution in [0.2, 0.25) is 0 Å². The standard InChI is InChI=1S/C13H15F2N3O3S/c1-17-8-10(7-16-17)18(2)22(19,20)12-5-3-11(4-6-12)21-9-13(14)15/h3-8,13H,9H2,1-2H3. The van der Waals surface area contributed by atoms with Gasteiger partial charge in [0.2, 0.25) is 0 Å². The number of benzene rings is 1. The van der Waals surface area contributed by atoms with Crippen LogP contribution in [0.15, 0.2) is 41.6 Å². The normalized spacial score (nSPS) is 11.7. The third-order valence-corrected chi connectivity index (χ3v) is 4.71. The monoisotopic (exact) mass is 331 g/mol. The fraction of sp³-hybridized carbons (Fsp3) is 0.308. The van der Waals surface area contributed by atoms with E-state index in [4.69, 9.17) is 4.74 Å². The van der Waals surface area contributed by atoms with Gasteiger partial charge in [0.15, 0.2) is 0 Å². The van der Waals surface area contributed by atoms with Crippen molar-refractivity contribution in [1.82, 2.24) is 9.78 Å². The zero-order valence-corrected chi connectivity index (χ0v) is 12.8. The topological polar surface area (TPSA) is 64.4 Å². The Morgan fingerprint density at radius 1 is 1.32 bits per heavy atom. The molecule has 0 saturated heterocycles. The van der Waals surface area contributed by atoms with Crippen molar-refractivity contribution < 1.29 is 21.9 Å². The maximum atomic E-state index is 12.4. The summed E-state index contributed by atoms with van der Waals surface area (Å²) in [4.78, 5) is 0.0308. The fourth-order valence-electron chi connectivity index (χ4n) is 1.73. The van der Waals surface area contributed by atoms with E-state index in [1.165, 1.54) is 42.2 Å². The second-order valence-electron chi connectivity index (χ2n) is 4.52. The molecular formula is C13H15F2N3O3S. The number of nitrogens with zero attached hydrogens (tertiary/aromatic N) is 3. The molecule has 1 heterocycles. The van der Waals surface area contributed by atoms with Gasteiger partial charge >= 0.3 is 0 Å². The SMILES string of the molecule is CN(c1cnn(C)c1)S(=O)(=O)c1ccc(OCC(F)F)cc1. The third-order valence-electron chi connectivity index (χ3n) is 2.91. The van der Waals surface area contributed by atoms with Crippen molar-refractivity contribution in [3.05, 3.63) is 36.7 Å². The van der Waals surface area contributed by atoms with E-state index in [0.29, 0.717) is 5.69 Å². The smallest absolute Gasteiger partial charge is 0.272 e. The number of aryl methyl sites for hydroxylation is 1. The average molecular weight is 331 g/mol. The van der Waals surface area contributed by atoms with Crippen LogP contribution in [0.5, 0.6) is 5.75 Å². The molecule has 0 aliphatic carbocycles. The summed E-state index contributed by atoms with van der Waals surface area (Å²) in [5.41, 5.74) is 0.417. The molecule has 0 fully saturated rings. The van der Waals surface area contributed by atoms with E-state index in [-0.39, 0.29) is 10.6 Å². The van der Waals surface area contributed by atoms with Crippen molar-refractivity contribution >= 4 is 15.7 Å². The molecule has 0 amide bonds. The van der Waals surface area contributed by atoms with Gasteiger partial charge in [-0.1, -0.05) is 0 Å². The van der Waals surface area contributed by atoms with Crippen LogP contribution in [0.1, 0.15) is 0 Å². The summed E-state index contributed by atoms with van der Waals surface area (Å²) in [6, 6.07) is 5.30. The Balaban J connectivity index is 2.19. The zero-order valence-electron chi connectivity index (χ0n) is 12.0. The van der Waals surface area contributed by atoms with E-state index in [0.717, 1.165) is 4.31 Å². The van der Waals surface area contributed by atoms with Crippen LogP contribution in [0.25, 0.3) is 0 Å². The number of ether oxygens (including phenoxy) is 1. The van der Waals surface area contributed by atoms with E-state index in [2.05, 4.69) is 5.10 Å². The minimum Gasteiger partial charge on any atom is -0.488 e. The van der Waals surface area contributed by atoms with Crippen LogP contribution in [0, 0.1) is 0 Å². The van der Waals surface area contributed by atoms with E-state index in [1.807, 2.05) is 0 Å². The maximum absolute atomic E-state index is 12.4. The number of halogens is 2. The average Bonchev–Trinajstić information content (AvgIpc) is 2.91. The number of rotatable bonds is 6. The minimum atomic E-state index is -3.75. The highest BCUT2D eigenvalue weighted by Crippen LogP contribution is 2.23. The predicted molar refractivity (Wildman–Crippen MR) is 76.7 cm³/mol. The highest BCUT2D eigenvalue weighted by Gasteiger charge is 2.22. The Kier molecular flexibility index (Phi) is 4.65. The zero-order chi connectivity index (χ0) is 16.3. The van der Waals surface area contributed by atoms with Gasteiger partial charge in [-0.3, -0.25) is 8.99 Å². The first kappa shape index (κ1) is 16.2. The molecule has 9 heteroatoms. The second kappa shape index (κ2) is 6.30. The molecule has 6 nitrogen and oxygen atoms in total. The van der Waals surface area contributed by atoms with Crippen molar-refractivity contribution in [3.8, 4) is 5.75 Å². The first-order chi connectivity index (χ1) is 10.3. The molecule has 0 unspecified atom stereocenters. The van der Waals surface area contributed by atoms with Gasteiger partial charge in [0.25, 0.3) is 16.4 Å².